The summed E-state index contributed by atoms with van der Waals surface area (Å²) >= 11 is 3.35. The third kappa shape index (κ3) is 1.70. The van der Waals surface area contributed by atoms with Crippen LogP contribution in [0, 0.1) is 0 Å². The van der Waals surface area contributed by atoms with Gasteiger partial charge in [0.15, 0.2) is 0 Å². The lowest BCUT2D eigenvalue weighted by molar-refractivity contribution is 0.476. The first-order chi connectivity index (χ1) is 7.09. The molecule has 0 saturated carbocycles. The van der Waals surface area contributed by atoms with Gasteiger partial charge >= 0.3 is 0 Å². The van der Waals surface area contributed by atoms with Gasteiger partial charge in [0.1, 0.15) is 5.75 Å². The van der Waals surface area contributed by atoms with E-state index in [0.29, 0.717) is 16.9 Å². The van der Waals surface area contributed by atoms with Gasteiger partial charge in [-0.25, -0.2) is 0 Å². The van der Waals surface area contributed by atoms with Crippen LogP contribution in [-0.4, -0.2) is 14.9 Å². The summed E-state index contributed by atoms with van der Waals surface area (Å²) in [7, 11) is 1.78. The summed E-state index contributed by atoms with van der Waals surface area (Å²) in [5, 5.41) is 13.8. The maximum atomic E-state index is 9.74. The van der Waals surface area contributed by atoms with E-state index in [0.717, 1.165) is 4.47 Å². The molecule has 0 amide bonds. The first-order valence-corrected chi connectivity index (χ1v) is 5.15. The molecule has 0 spiro atoms. The number of aromatic nitrogens is 2. The van der Waals surface area contributed by atoms with Gasteiger partial charge in [0.25, 0.3) is 0 Å². The first-order valence-electron chi connectivity index (χ1n) is 4.36. The Hall–Kier alpha value is -1.49. The van der Waals surface area contributed by atoms with Crippen LogP contribution in [0.2, 0.25) is 0 Å². The molecule has 0 radical (unpaired) electrons. The van der Waals surface area contributed by atoms with Gasteiger partial charge in [-0.1, -0.05) is 15.9 Å². The van der Waals surface area contributed by atoms with Gasteiger partial charge in [0.2, 0.25) is 0 Å². The van der Waals surface area contributed by atoms with E-state index in [-0.39, 0.29) is 5.75 Å². The number of phenolic OH excluding ortho intramolecular Hbond substituents is 1. The van der Waals surface area contributed by atoms with Crippen LogP contribution in [0.5, 0.6) is 5.75 Å². The predicted octanol–water partition coefficient (Wildman–Crippen LogP) is 2.14. The Bertz CT molecular complexity index is 488. The van der Waals surface area contributed by atoms with E-state index in [1.54, 1.807) is 30.1 Å². The van der Waals surface area contributed by atoms with Crippen molar-refractivity contribution < 1.29 is 5.11 Å². The summed E-state index contributed by atoms with van der Waals surface area (Å²) in [5.41, 5.74) is 7.71. The Morgan fingerprint density at radius 1 is 1.47 bits per heavy atom. The zero-order valence-corrected chi connectivity index (χ0v) is 9.69. The Morgan fingerprint density at radius 2 is 2.20 bits per heavy atom. The predicted molar refractivity (Wildman–Crippen MR) is 62.4 cm³/mol. The first kappa shape index (κ1) is 10.0. The van der Waals surface area contributed by atoms with E-state index in [4.69, 9.17) is 5.73 Å². The SMILES string of the molecule is Cn1ncc(N)c1-c1cc(Br)ccc1O. The van der Waals surface area contributed by atoms with Crippen LogP contribution >= 0.6 is 15.9 Å². The lowest BCUT2D eigenvalue weighted by Gasteiger charge is -2.06. The minimum absolute atomic E-state index is 0.188. The van der Waals surface area contributed by atoms with Gasteiger partial charge in [-0.2, -0.15) is 5.10 Å². The Labute approximate surface area is 95.5 Å². The van der Waals surface area contributed by atoms with Gasteiger partial charge in [-0.3, -0.25) is 4.68 Å². The number of nitrogens with two attached hydrogens (primary N) is 1. The van der Waals surface area contributed by atoms with Crippen LogP contribution in [0.1, 0.15) is 0 Å². The molecule has 0 bridgehead atoms. The van der Waals surface area contributed by atoms with Crippen molar-refractivity contribution in [3.8, 4) is 17.0 Å². The molecular weight excluding hydrogens is 258 g/mol. The number of nitrogen functional groups attached to an aromatic ring is 1. The highest BCUT2D eigenvalue weighted by molar-refractivity contribution is 9.10. The molecule has 78 valence electrons. The summed E-state index contributed by atoms with van der Waals surface area (Å²) in [4.78, 5) is 0. The summed E-state index contributed by atoms with van der Waals surface area (Å²) < 4.78 is 2.52. The second-order valence-electron chi connectivity index (χ2n) is 3.23. The van der Waals surface area contributed by atoms with Crippen molar-refractivity contribution in [1.29, 1.82) is 0 Å². The highest BCUT2D eigenvalue weighted by Gasteiger charge is 2.12. The zero-order chi connectivity index (χ0) is 11.0. The van der Waals surface area contributed by atoms with Gasteiger partial charge < -0.3 is 10.8 Å². The molecule has 3 N–H and O–H groups in total. The number of anilines is 1. The molecule has 1 aromatic carbocycles. The molecule has 1 aromatic heterocycles. The summed E-state index contributed by atoms with van der Waals surface area (Å²) in [6, 6.07) is 5.19. The number of hydrogen-bond donors (Lipinski definition) is 2. The molecule has 0 saturated heterocycles. The van der Waals surface area contributed by atoms with Crippen LogP contribution in [0.25, 0.3) is 11.3 Å². The van der Waals surface area contributed by atoms with E-state index in [2.05, 4.69) is 21.0 Å². The van der Waals surface area contributed by atoms with Crippen molar-refractivity contribution in [2.45, 2.75) is 0 Å². The second-order valence-corrected chi connectivity index (χ2v) is 4.15. The zero-order valence-electron chi connectivity index (χ0n) is 8.11. The number of benzene rings is 1. The molecule has 0 fully saturated rings. The number of phenols is 1. The highest BCUT2D eigenvalue weighted by Crippen LogP contribution is 2.34. The van der Waals surface area contributed by atoms with Gasteiger partial charge in [0, 0.05) is 17.1 Å². The summed E-state index contributed by atoms with van der Waals surface area (Å²) in [6.45, 7) is 0. The molecule has 4 nitrogen and oxygen atoms in total. The molecule has 1 heterocycles. The highest BCUT2D eigenvalue weighted by atomic mass is 79.9. The molecule has 0 atom stereocenters. The Morgan fingerprint density at radius 3 is 2.80 bits per heavy atom. The Kier molecular flexibility index (Phi) is 2.40. The van der Waals surface area contributed by atoms with Gasteiger partial charge in [-0.05, 0) is 18.2 Å². The molecule has 0 unspecified atom stereocenters. The minimum Gasteiger partial charge on any atom is -0.507 e. The maximum absolute atomic E-state index is 9.74. The molecule has 0 aliphatic carbocycles. The number of halogens is 1. The van der Waals surface area contributed by atoms with E-state index in [1.165, 1.54) is 0 Å². The average molecular weight is 268 g/mol. The van der Waals surface area contributed by atoms with Crippen molar-refractivity contribution in [2.24, 2.45) is 7.05 Å². The molecule has 2 aromatic rings. The van der Waals surface area contributed by atoms with Crippen molar-refractivity contribution in [3.05, 3.63) is 28.9 Å². The number of nitrogens with zero attached hydrogens (tertiary/aromatic N) is 2. The second kappa shape index (κ2) is 3.58. The lowest BCUT2D eigenvalue weighted by atomic mass is 10.1. The van der Waals surface area contributed by atoms with Gasteiger partial charge in [-0.15, -0.1) is 0 Å². The fourth-order valence-electron chi connectivity index (χ4n) is 1.48. The molecule has 0 aliphatic heterocycles. The lowest BCUT2D eigenvalue weighted by Crippen LogP contribution is -1.96. The van der Waals surface area contributed by atoms with E-state index >= 15 is 0 Å². The van der Waals surface area contributed by atoms with E-state index < -0.39 is 0 Å². The monoisotopic (exact) mass is 267 g/mol. The topological polar surface area (TPSA) is 64.1 Å². The summed E-state index contributed by atoms with van der Waals surface area (Å²) in [6.07, 6.45) is 1.57. The fourth-order valence-corrected chi connectivity index (χ4v) is 1.84. The molecule has 15 heavy (non-hydrogen) atoms. The van der Waals surface area contributed by atoms with E-state index in [9.17, 15) is 5.11 Å². The average Bonchev–Trinajstić information content (AvgIpc) is 2.51. The van der Waals surface area contributed by atoms with Gasteiger partial charge in [0.05, 0.1) is 17.6 Å². The van der Waals surface area contributed by atoms with Crippen molar-refractivity contribution in [3.63, 3.8) is 0 Å². The third-order valence-corrected chi connectivity index (χ3v) is 2.67. The smallest absolute Gasteiger partial charge is 0.125 e. The van der Waals surface area contributed by atoms with E-state index in [1.807, 2.05) is 6.07 Å². The molecule has 5 heteroatoms. The minimum atomic E-state index is 0.188. The standard InChI is InChI=1S/C10H10BrN3O/c1-14-10(8(12)5-13-14)7-4-6(11)2-3-9(7)15/h2-5,15H,12H2,1H3. The number of hydrogen-bond acceptors (Lipinski definition) is 3. The van der Waals surface area contributed by atoms with Crippen LogP contribution in [-0.2, 0) is 7.05 Å². The quantitative estimate of drug-likeness (QED) is 0.832. The largest absolute Gasteiger partial charge is 0.507 e. The maximum Gasteiger partial charge on any atom is 0.125 e. The normalized spacial score (nSPS) is 10.5. The molecular formula is C10H10BrN3O. The van der Waals surface area contributed by atoms with Crippen molar-refractivity contribution >= 4 is 21.6 Å². The fraction of sp³-hybridized carbons (Fsp3) is 0.100. The molecule has 0 aliphatic rings. The van der Waals surface area contributed by atoms with Crippen LogP contribution in [0.15, 0.2) is 28.9 Å². The van der Waals surface area contributed by atoms with Crippen LogP contribution < -0.4 is 5.73 Å². The summed E-state index contributed by atoms with van der Waals surface area (Å²) in [5.74, 6) is 0.188. The number of aromatic hydroxyl groups is 1. The third-order valence-electron chi connectivity index (χ3n) is 2.18. The Balaban J connectivity index is 2.68. The van der Waals surface area contributed by atoms with Crippen LogP contribution in [0.3, 0.4) is 0 Å². The molecule has 2 rings (SSSR count). The van der Waals surface area contributed by atoms with Crippen molar-refractivity contribution in [2.75, 3.05) is 5.73 Å². The van der Waals surface area contributed by atoms with Crippen molar-refractivity contribution in [1.82, 2.24) is 9.78 Å². The number of aryl methyl sites for hydroxylation is 1. The van der Waals surface area contributed by atoms with Crippen LogP contribution in [0.4, 0.5) is 5.69 Å². The number of rotatable bonds is 1.